The smallest absolute Gasteiger partial charge is 0.424 e. The number of nitrogens with one attached hydrogen (secondary N) is 1. The highest BCUT2D eigenvalue weighted by Gasteiger charge is 2.56. The predicted molar refractivity (Wildman–Crippen MR) is 94.3 cm³/mol. The summed E-state index contributed by atoms with van der Waals surface area (Å²) in [5, 5.41) is 13.3. The minimum atomic E-state index is -4.82. The lowest BCUT2D eigenvalue weighted by Gasteiger charge is -2.30. The molecule has 0 fully saturated rings. The van der Waals surface area contributed by atoms with Crippen LogP contribution in [0.2, 0.25) is 0 Å². The summed E-state index contributed by atoms with van der Waals surface area (Å²) in [6.45, 7) is 4.42. The molecule has 0 bridgehead atoms. The minimum absolute atomic E-state index is 0.0120. The Bertz CT molecular complexity index is 817. The van der Waals surface area contributed by atoms with Crippen LogP contribution in [0, 0.1) is 0 Å². The highest BCUT2D eigenvalue weighted by molar-refractivity contribution is 5.41. The van der Waals surface area contributed by atoms with Gasteiger partial charge in [-0.3, -0.25) is 0 Å². The molecular formula is C19H24F3N3O2. The van der Waals surface area contributed by atoms with Crippen LogP contribution < -0.4 is 10.1 Å². The summed E-state index contributed by atoms with van der Waals surface area (Å²) in [5.74, 6) is 0.443. The Balaban J connectivity index is 1.62. The maximum atomic E-state index is 13.5. The number of imidazole rings is 1. The molecule has 0 radical (unpaired) electrons. The quantitative estimate of drug-likeness (QED) is 0.753. The zero-order chi connectivity index (χ0) is 19.9. The third-order valence-corrected chi connectivity index (χ3v) is 4.78. The average molecular weight is 383 g/mol. The number of aromatic nitrogens is 2. The van der Waals surface area contributed by atoms with E-state index < -0.39 is 24.0 Å². The standard InChI is InChI=1S/C19H24F3N3O2/c1-17(2)11-14-10-13(4-5-15(14)27-17)12-23-7-6-18(26,19(20,21)22)16-24-8-9-25(16)3/h4-5,8-10,23,26H,6-7,11-12H2,1-3H3/t18-/m1/s1. The molecule has 0 saturated carbocycles. The number of alkyl halides is 3. The fraction of sp³-hybridized carbons (Fsp3) is 0.526. The summed E-state index contributed by atoms with van der Waals surface area (Å²) < 4.78 is 47.4. The van der Waals surface area contributed by atoms with E-state index in [9.17, 15) is 18.3 Å². The first kappa shape index (κ1) is 19.7. The second-order valence-corrected chi connectivity index (χ2v) is 7.63. The van der Waals surface area contributed by atoms with Crippen LogP contribution in [0.25, 0.3) is 0 Å². The number of halogens is 3. The number of hydrogen-bond donors (Lipinski definition) is 2. The van der Waals surface area contributed by atoms with E-state index in [4.69, 9.17) is 4.74 Å². The van der Waals surface area contributed by atoms with E-state index in [-0.39, 0.29) is 12.1 Å². The van der Waals surface area contributed by atoms with Crippen LogP contribution in [0.15, 0.2) is 30.6 Å². The van der Waals surface area contributed by atoms with Crippen molar-refractivity contribution in [1.82, 2.24) is 14.9 Å². The molecule has 1 atom stereocenters. The Hall–Kier alpha value is -2.06. The van der Waals surface area contributed by atoms with Gasteiger partial charge in [-0.25, -0.2) is 4.98 Å². The topological polar surface area (TPSA) is 59.3 Å². The predicted octanol–water partition coefficient (Wildman–Crippen LogP) is 3.06. The van der Waals surface area contributed by atoms with Gasteiger partial charge < -0.3 is 19.7 Å². The molecule has 27 heavy (non-hydrogen) atoms. The number of rotatable bonds is 6. The van der Waals surface area contributed by atoms with E-state index in [1.165, 1.54) is 24.0 Å². The van der Waals surface area contributed by atoms with Crippen LogP contribution in [-0.4, -0.2) is 33.0 Å². The Kier molecular flexibility index (Phi) is 4.98. The average Bonchev–Trinajstić information content (AvgIpc) is 3.11. The zero-order valence-corrected chi connectivity index (χ0v) is 15.6. The van der Waals surface area contributed by atoms with Gasteiger partial charge >= 0.3 is 6.18 Å². The SMILES string of the molecule is Cn1ccnc1[C@](O)(CCNCc1ccc2c(c1)CC(C)(C)O2)C(F)(F)F. The van der Waals surface area contributed by atoms with Crippen molar-refractivity contribution in [2.75, 3.05) is 6.54 Å². The molecule has 1 aromatic heterocycles. The van der Waals surface area contributed by atoms with Gasteiger partial charge in [0.15, 0.2) is 0 Å². The Morgan fingerprint density at radius 2 is 2.07 bits per heavy atom. The molecule has 5 nitrogen and oxygen atoms in total. The molecule has 2 N–H and O–H groups in total. The summed E-state index contributed by atoms with van der Waals surface area (Å²) in [6, 6.07) is 5.79. The van der Waals surface area contributed by atoms with E-state index in [1.54, 1.807) is 0 Å². The van der Waals surface area contributed by atoms with Crippen molar-refractivity contribution in [3.8, 4) is 5.75 Å². The van der Waals surface area contributed by atoms with Gasteiger partial charge in [0, 0.05) is 38.8 Å². The van der Waals surface area contributed by atoms with E-state index in [2.05, 4.69) is 10.3 Å². The van der Waals surface area contributed by atoms with E-state index in [1.807, 2.05) is 32.0 Å². The lowest BCUT2D eigenvalue weighted by molar-refractivity contribution is -0.272. The summed E-state index contributed by atoms with van der Waals surface area (Å²) >= 11 is 0. The van der Waals surface area contributed by atoms with Gasteiger partial charge in [-0.05, 0) is 37.6 Å². The number of aliphatic hydroxyl groups is 1. The minimum Gasteiger partial charge on any atom is -0.487 e. The number of ether oxygens (including phenoxy) is 1. The molecule has 2 heterocycles. The van der Waals surface area contributed by atoms with Crippen LogP contribution in [0.1, 0.15) is 37.2 Å². The molecule has 2 aromatic rings. The van der Waals surface area contributed by atoms with Crippen LogP contribution in [-0.2, 0) is 25.6 Å². The van der Waals surface area contributed by atoms with E-state index in [0.29, 0.717) is 6.54 Å². The molecule has 8 heteroatoms. The number of nitrogens with zero attached hydrogens (tertiary/aromatic N) is 2. The van der Waals surface area contributed by atoms with Crippen LogP contribution in [0.5, 0.6) is 5.75 Å². The first-order valence-corrected chi connectivity index (χ1v) is 8.80. The second kappa shape index (κ2) is 6.83. The normalized spacial score (nSPS) is 18.0. The molecule has 3 rings (SSSR count). The molecule has 148 valence electrons. The van der Waals surface area contributed by atoms with Gasteiger partial charge in [0.2, 0.25) is 5.60 Å². The second-order valence-electron chi connectivity index (χ2n) is 7.63. The van der Waals surface area contributed by atoms with Gasteiger partial charge in [0.1, 0.15) is 17.2 Å². The monoisotopic (exact) mass is 383 g/mol. The van der Waals surface area contributed by atoms with Gasteiger partial charge in [-0.1, -0.05) is 12.1 Å². The van der Waals surface area contributed by atoms with Gasteiger partial charge in [0.05, 0.1) is 0 Å². The first-order valence-electron chi connectivity index (χ1n) is 8.80. The van der Waals surface area contributed by atoms with Crippen LogP contribution in [0.4, 0.5) is 13.2 Å². The molecular weight excluding hydrogens is 359 g/mol. The molecule has 1 aromatic carbocycles. The van der Waals surface area contributed by atoms with Crippen molar-refractivity contribution in [2.45, 2.75) is 50.6 Å². The van der Waals surface area contributed by atoms with Crippen molar-refractivity contribution in [3.63, 3.8) is 0 Å². The Labute approximate surface area is 156 Å². The summed E-state index contributed by atoms with van der Waals surface area (Å²) in [5.41, 5.74) is -1.17. The lowest BCUT2D eigenvalue weighted by atomic mass is 9.97. The van der Waals surface area contributed by atoms with Crippen molar-refractivity contribution in [3.05, 3.63) is 47.5 Å². The van der Waals surface area contributed by atoms with E-state index >= 15 is 0 Å². The maximum Gasteiger partial charge on any atom is 0.424 e. The number of fused-ring (bicyclic) bond motifs is 1. The molecule has 0 spiro atoms. The summed E-state index contributed by atoms with van der Waals surface area (Å²) in [4.78, 5) is 3.70. The molecule has 0 aliphatic carbocycles. The van der Waals surface area contributed by atoms with Crippen molar-refractivity contribution >= 4 is 0 Å². The molecule has 0 saturated heterocycles. The van der Waals surface area contributed by atoms with Crippen molar-refractivity contribution < 1.29 is 23.0 Å². The Morgan fingerprint density at radius 1 is 1.33 bits per heavy atom. The third kappa shape index (κ3) is 3.96. The van der Waals surface area contributed by atoms with Crippen molar-refractivity contribution in [1.29, 1.82) is 0 Å². The van der Waals surface area contributed by atoms with Crippen LogP contribution in [0.3, 0.4) is 0 Å². The Morgan fingerprint density at radius 3 is 2.70 bits per heavy atom. The third-order valence-electron chi connectivity index (χ3n) is 4.78. The lowest BCUT2D eigenvalue weighted by Crippen LogP contribution is -2.46. The fourth-order valence-electron chi connectivity index (χ4n) is 3.42. The van der Waals surface area contributed by atoms with Crippen LogP contribution >= 0.6 is 0 Å². The van der Waals surface area contributed by atoms with Gasteiger partial charge in [0.25, 0.3) is 0 Å². The zero-order valence-electron chi connectivity index (χ0n) is 15.6. The molecule has 0 amide bonds. The number of hydrogen-bond acceptors (Lipinski definition) is 4. The highest BCUT2D eigenvalue weighted by atomic mass is 19.4. The first-order chi connectivity index (χ1) is 12.5. The molecule has 0 unspecified atom stereocenters. The maximum absolute atomic E-state index is 13.5. The number of aryl methyl sites for hydroxylation is 1. The summed E-state index contributed by atoms with van der Waals surface area (Å²) in [6.07, 6.45) is -1.92. The largest absolute Gasteiger partial charge is 0.487 e. The van der Waals surface area contributed by atoms with E-state index in [0.717, 1.165) is 23.3 Å². The van der Waals surface area contributed by atoms with Gasteiger partial charge in [-0.2, -0.15) is 13.2 Å². The number of benzene rings is 1. The molecule has 1 aliphatic heterocycles. The highest BCUT2D eigenvalue weighted by Crippen LogP contribution is 2.40. The summed E-state index contributed by atoms with van der Waals surface area (Å²) in [7, 11) is 1.43. The fourth-order valence-corrected chi connectivity index (χ4v) is 3.42. The van der Waals surface area contributed by atoms with Crippen molar-refractivity contribution in [2.24, 2.45) is 7.05 Å². The molecule has 1 aliphatic rings. The van der Waals surface area contributed by atoms with Gasteiger partial charge in [-0.15, -0.1) is 0 Å².